The van der Waals surface area contributed by atoms with Crippen LogP contribution in [0.1, 0.15) is 11.5 Å². The van der Waals surface area contributed by atoms with E-state index < -0.39 is 0 Å². The molecule has 1 heterocycles. The van der Waals surface area contributed by atoms with Gasteiger partial charge < -0.3 is 14.5 Å². The zero-order valence-corrected chi connectivity index (χ0v) is 17.6. The molecule has 28 heavy (non-hydrogen) atoms. The molecule has 0 aliphatic heterocycles. The Labute approximate surface area is 180 Å². The number of carbonyl (C=O) groups is 1. The molecule has 0 aliphatic carbocycles. The molecule has 146 valence electrons. The highest BCUT2D eigenvalue weighted by atomic mass is 35.5. The lowest BCUT2D eigenvalue weighted by Gasteiger charge is -2.06. The Balaban J connectivity index is 1.49. The minimum absolute atomic E-state index is 0.0862. The normalized spacial score (nSPS) is 10.7. The second-order valence-corrected chi connectivity index (χ2v) is 7.89. The van der Waals surface area contributed by atoms with Crippen LogP contribution in [0, 0.1) is 6.92 Å². The number of thioether (sulfide) groups is 1. The van der Waals surface area contributed by atoms with E-state index in [1.165, 1.54) is 0 Å². The van der Waals surface area contributed by atoms with Gasteiger partial charge in [-0.25, -0.2) is 0 Å². The lowest BCUT2D eigenvalue weighted by Crippen LogP contribution is -2.13. The second kappa shape index (κ2) is 9.52. The van der Waals surface area contributed by atoms with Crippen LogP contribution < -0.4 is 10.1 Å². The highest BCUT2D eigenvalue weighted by Gasteiger charge is 2.11. The molecule has 0 aliphatic rings. The summed E-state index contributed by atoms with van der Waals surface area (Å²) in [6.45, 7) is 2.01. The van der Waals surface area contributed by atoms with Crippen molar-refractivity contribution in [3.8, 4) is 5.75 Å². The molecule has 0 unspecified atom stereocenters. The van der Waals surface area contributed by atoms with E-state index in [1.54, 1.807) is 36.4 Å². The third-order valence-electron chi connectivity index (χ3n) is 3.41. The maximum absolute atomic E-state index is 12.0. The van der Waals surface area contributed by atoms with Crippen LogP contribution in [0.3, 0.4) is 0 Å². The van der Waals surface area contributed by atoms with Gasteiger partial charge in [0.05, 0.1) is 5.75 Å². The van der Waals surface area contributed by atoms with Crippen molar-refractivity contribution in [1.29, 1.82) is 0 Å². The number of hydrogen-bond donors (Lipinski definition) is 1. The van der Waals surface area contributed by atoms with Crippen LogP contribution in [0.5, 0.6) is 5.75 Å². The SMILES string of the molecule is Cc1cc(Cl)ccc1OCc1nnc(SCC(=O)Nc2cc(Cl)cc(Cl)c2)o1. The van der Waals surface area contributed by atoms with E-state index in [1.807, 2.05) is 6.92 Å². The molecule has 2 aromatic carbocycles. The first kappa shape index (κ1) is 20.8. The van der Waals surface area contributed by atoms with Crippen molar-refractivity contribution in [2.24, 2.45) is 0 Å². The van der Waals surface area contributed by atoms with Gasteiger partial charge in [-0.1, -0.05) is 46.6 Å². The van der Waals surface area contributed by atoms with Gasteiger partial charge in [0.25, 0.3) is 11.1 Å². The largest absolute Gasteiger partial charge is 0.484 e. The van der Waals surface area contributed by atoms with Gasteiger partial charge in [-0.3, -0.25) is 4.79 Å². The van der Waals surface area contributed by atoms with Crippen molar-refractivity contribution in [1.82, 2.24) is 10.2 Å². The van der Waals surface area contributed by atoms with E-state index in [4.69, 9.17) is 44.0 Å². The minimum Gasteiger partial charge on any atom is -0.484 e. The molecule has 0 saturated heterocycles. The average Bonchev–Trinajstić information content (AvgIpc) is 3.06. The number of nitrogens with one attached hydrogen (secondary N) is 1. The van der Waals surface area contributed by atoms with Gasteiger partial charge in [-0.05, 0) is 48.9 Å². The van der Waals surface area contributed by atoms with E-state index in [-0.39, 0.29) is 23.5 Å². The first-order chi connectivity index (χ1) is 13.4. The quantitative estimate of drug-likeness (QED) is 0.461. The highest BCUT2D eigenvalue weighted by Crippen LogP contribution is 2.24. The summed E-state index contributed by atoms with van der Waals surface area (Å²) in [7, 11) is 0. The van der Waals surface area contributed by atoms with Crippen LogP contribution in [-0.2, 0) is 11.4 Å². The van der Waals surface area contributed by atoms with Gasteiger partial charge in [0.2, 0.25) is 5.91 Å². The summed E-state index contributed by atoms with van der Waals surface area (Å²) < 4.78 is 11.1. The zero-order chi connectivity index (χ0) is 20.1. The van der Waals surface area contributed by atoms with Crippen LogP contribution in [0.25, 0.3) is 0 Å². The first-order valence-electron chi connectivity index (χ1n) is 7.99. The number of ether oxygens (including phenoxy) is 1. The number of carbonyl (C=O) groups excluding carboxylic acids is 1. The molecule has 6 nitrogen and oxygen atoms in total. The molecule has 0 bridgehead atoms. The van der Waals surface area contributed by atoms with Crippen LogP contribution in [0.2, 0.25) is 15.1 Å². The Kier molecular flexibility index (Phi) is 7.07. The van der Waals surface area contributed by atoms with Gasteiger partial charge in [-0.15, -0.1) is 10.2 Å². The predicted molar refractivity (Wildman–Crippen MR) is 111 cm³/mol. The number of aryl methyl sites for hydroxylation is 1. The van der Waals surface area contributed by atoms with E-state index in [2.05, 4.69) is 15.5 Å². The van der Waals surface area contributed by atoms with Gasteiger partial charge >= 0.3 is 0 Å². The second-order valence-electron chi connectivity index (χ2n) is 5.66. The average molecular weight is 459 g/mol. The monoisotopic (exact) mass is 457 g/mol. The first-order valence-corrected chi connectivity index (χ1v) is 10.1. The number of rotatable bonds is 7. The smallest absolute Gasteiger partial charge is 0.277 e. The maximum Gasteiger partial charge on any atom is 0.277 e. The van der Waals surface area contributed by atoms with E-state index in [0.29, 0.717) is 32.4 Å². The lowest BCUT2D eigenvalue weighted by atomic mass is 10.2. The fraction of sp³-hybridized carbons (Fsp3) is 0.167. The van der Waals surface area contributed by atoms with Gasteiger partial charge in [0.1, 0.15) is 5.75 Å². The molecular weight excluding hydrogens is 445 g/mol. The molecular formula is C18H14Cl3N3O3S. The van der Waals surface area contributed by atoms with Crippen molar-refractivity contribution in [2.45, 2.75) is 18.8 Å². The van der Waals surface area contributed by atoms with Crippen LogP contribution in [-0.4, -0.2) is 21.9 Å². The van der Waals surface area contributed by atoms with Crippen LogP contribution in [0.4, 0.5) is 5.69 Å². The van der Waals surface area contributed by atoms with Crippen molar-refractivity contribution in [3.63, 3.8) is 0 Å². The summed E-state index contributed by atoms with van der Waals surface area (Å²) in [5.74, 6) is 0.814. The van der Waals surface area contributed by atoms with Crippen LogP contribution in [0.15, 0.2) is 46.0 Å². The molecule has 10 heteroatoms. The Morgan fingerprint density at radius 2 is 1.86 bits per heavy atom. The molecule has 1 amide bonds. The Bertz CT molecular complexity index is 977. The summed E-state index contributed by atoms with van der Waals surface area (Å²) in [5.41, 5.74) is 1.42. The zero-order valence-electron chi connectivity index (χ0n) is 14.5. The number of halogens is 3. The summed E-state index contributed by atoms with van der Waals surface area (Å²) in [4.78, 5) is 12.0. The Morgan fingerprint density at radius 3 is 2.57 bits per heavy atom. The number of hydrogen-bond acceptors (Lipinski definition) is 6. The molecule has 1 N–H and O–H groups in total. The molecule has 0 saturated carbocycles. The molecule has 3 aromatic rings. The lowest BCUT2D eigenvalue weighted by molar-refractivity contribution is -0.113. The Morgan fingerprint density at radius 1 is 1.11 bits per heavy atom. The summed E-state index contributed by atoms with van der Waals surface area (Å²) in [6.07, 6.45) is 0. The molecule has 0 fully saturated rings. The van der Waals surface area contributed by atoms with Gasteiger partial charge in [-0.2, -0.15) is 0 Å². The predicted octanol–water partition coefficient (Wildman–Crippen LogP) is 5.65. The van der Waals surface area contributed by atoms with E-state index in [9.17, 15) is 4.79 Å². The number of benzene rings is 2. The number of amides is 1. The topological polar surface area (TPSA) is 77.2 Å². The molecule has 0 radical (unpaired) electrons. The van der Waals surface area contributed by atoms with E-state index >= 15 is 0 Å². The third kappa shape index (κ3) is 6.04. The van der Waals surface area contributed by atoms with Crippen molar-refractivity contribution >= 4 is 58.2 Å². The third-order valence-corrected chi connectivity index (χ3v) is 4.90. The van der Waals surface area contributed by atoms with E-state index in [0.717, 1.165) is 17.3 Å². The fourth-order valence-corrected chi connectivity index (χ4v) is 3.55. The van der Waals surface area contributed by atoms with Gasteiger partial charge in [0, 0.05) is 20.8 Å². The standard InChI is InChI=1S/C18H14Cl3N3O3S/c1-10-4-11(19)2-3-15(10)26-8-17-23-24-18(27-17)28-9-16(25)22-14-6-12(20)5-13(21)7-14/h2-7H,8-9H2,1H3,(H,22,25). The highest BCUT2D eigenvalue weighted by molar-refractivity contribution is 7.99. The van der Waals surface area contributed by atoms with Crippen molar-refractivity contribution in [3.05, 3.63) is 62.9 Å². The van der Waals surface area contributed by atoms with Crippen molar-refractivity contribution in [2.75, 3.05) is 11.1 Å². The summed E-state index contributed by atoms with van der Waals surface area (Å²) >= 11 is 18.8. The summed E-state index contributed by atoms with van der Waals surface area (Å²) in [5, 5.41) is 12.3. The number of anilines is 1. The minimum atomic E-state index is -0.254. The molecule has 3 rings (SSSR count). The summed E-state index contributed by atoms with van der Waals surface area (Å²) in [6, 6.07) is 10.1. The molecule has 0 atom stereocenters. The Hall–Kier alpha value is -1.93. The fourth-order valence-electron chi connectivity index (χ4n) is 2.22. The van der Waals surface area contributed by atoms with Crippen LogP contribution >= 0.6 is 46.6 Å². The number of aromatic nitrogens is 2. The maximum atomic E-state index is 12.0. The van der Waals surface area contributed by atoms with Gasteiger partial charge in [0.15, 0.2) is 6.61 Å². The number of nitrogens with zero attached hydrogens (tertiary/aromatic N) is 2. The van der Waals surface area contributed by atoms with Crippen molar-refractivity contribution < 1.29 is 13.9 Å². The molecule has 1 aromatic heterocycles. The molecule has 0 spiro atoms.